The fraction of sp³-hybridized carbons (Fsp3) is 0.600. The molecule has 1 amide bonds. The van der Waals surface area contributed by atoms with Gasteiger partial charge in [0.2, 0.25) is 5.91 Å². The van der Waals surface area contributed by atoms with E-state index in [-0.39, 0.29) is 28.7 Å². The van der Waals surface area contributed by atoms with Gasteiger partial charge in [0.25, 0.3) is 0 Å². The molecule has 1 saturated heterocycles. The molecule has 4 rings (SSSR count). The first kappa shape index (κ1) is 18.7. The molecule has 1 heterocycles. The molecule has 3 aliphatic rings. The van der Waals surface area contributed by atoms with Gasteiger partial charge in [0, 0.05) is 32.7 Å². The van der Waals surface area contributed by atoms with Crippen LogP contribution in [0, 0.1) is 29.5 Å². The van der Waals surface area contributed by atoms with Crippen molar-refractivity contribution in [3.63, 3.8) is 0 Å². The molecular weight excluding hydrogens is 371 g/mol. The van der Waals surface area contributed by atoms with E-state index in [9.17, 15) is 19.1 Å². The van der Waals surface area contributed by atoms with Crippen LogP contribution in [0.1, 0.15) is 24.8 Å². The maximum atomic E-state index is 13.3. The van der Waals surface area contributed by atoms with E-state index in [1.54, 1.807) is 12.1 Å². The second-order valence-corrected chi connectivity index (χ2v) is 8.48. The zero-order chi connectivity index (χ0) is 19.1. The molecule has 1 aromatic rings. The van der Waals surface area contributed by atoms with E-state index in [2.05, 4.69) is 4.90 Å². The highest BCUT2D eigenvalue weighted by Crippen LogP contribution is 2.53. The summed E-state index contributed by atoms with van der Waals surface area (Å²) < 4.78 is 13.3. The topological polar surface area (TPSA) is 60.9 Å². The summed E-state index contributed by atoms with van der Waals surface area (Å²) in [5, 5.41) is 9.71. The number of amides is 1. The maximum absolute atomic E-state index is 13.3. The number of hydrogen-bond donors (Lipinski definition) is 1. The van der Waals surface area contributed by atoms with Crippen molar-refractivity contribution in [2.75, 3.05) is 26.2 Å². The Morgan fingerprint density at radius 1 is 1.11 bits per heavy atom. The molecule has 2 aliphatic carbocycles. The van der Waals surface area contributed by atoms with Gasteiger partial charge in [0.1, 0.15) is 5.82 Å². The highest BCUT2D eigenvalue weighted by molar-refractivity contribution is 6.30. The fourth-order valence-corrected chi connectivity index (χ4v) is 5.44. The molecule has 7 heteroatoms. The summed E-state index contributed by atoms with van der Waals surface area (Å²) in [4.78, 5) is 28.8. The number of fused-ring (bicyclic) bond motifs is 2. The normalized spacial score (nSPS) is 30.7. The third-order valence-corrected chi connectivity index (χ3v) is 6.85. The maximum Gasteiger partial charge on any atom is 0.307 e. The molecule has 1 N–H and O–H groups in total. The number of carboxylic acids is 1. The van der Waals surface area contributed by atoms with Crippen molar-refractivity contribution < 1.29 is 19.1 Å². The van der Waals surface area contributed by atoms with Gasteiger partial charge in [-0.15, -0.1) is 0 Å². The molecular formula is C20H24ClFN2O3. The Morgan fingerprint density at radius 3 is 2.41 bits per heavy atom. The number of piperazine rings is 1. The predicted octanol–water partition coefficient (Wildman–Crippen LogP) is 2.87. The Morgan fingerprint density at radius 2 is 1.78 bits per heavy atom. The lowest BCUT2D eigenvalue weighted by atomic mass is 9.78. The van der Waals surface area contributed by atoms with E-state index in [1.807, 2.05) is 4.90 Å². The van der Waals surface area contributed by atoms with Gasteiger partial charge in [0.15, 0.2) is 0 Å². The van der Waals surface area contributed by atoms with Gasteiger partial charge in [-0.3, -0.25) is 14.5 Å². The van der Waals surface area contributed by atoms with Gasteiger partial charge >= 0.3 is 5.97 Å². The lowest BCUT2D eigenvalue weighted by Gasteiger charge is -2.38. The number of carbonyl (C=O) groups excluding carboxylic acids is 1. The smallest absolute Gasteiger partial charge is 0.307 e. The number of halogens is 2. The monoisotopic (exact) mass is 394 g/mol. The second kappa shape index (κ2) is 7.40. The summed E-state index contributed by atoms with van der Waals surface area (Å²) in [6.45, 7) is 3.31. The molecule has 0 spiro atoms. The number of rotatable bonds is 4. The van der Waals surface area contributed by atoms with Crippen LogP contribution in [0.15, 0.2) is 18.2 Å². The van der Waals surface area contributed by atoms with Crippen LogP contribution >= 0.6 is 11.6 Å². The largest absolute Gasteiger partial charge is 0.481 e. The van der Waals surface area contributed by atoms with Crippen molar-refractivity contribution in [2.45, 2.75) is 25.8 Å². The number of carboxylic acid groups (broad SMARTS) is 1. The average molecular weight is 395 g/mol. The van der Waals surface area contributed by atoms with Crippen LogP contribution in [-0.4, -0.2) is 53.0 Å². The van der Waals surface area contributed by atoms with Crippen LogP contribution < -0.4 is 0 Å². The Hall–Kier alpha value is -1.66. The lowest BCUT2D eigenvalue weighted by Crippen LogP contribution is -2.52. The van der Waals surface area contributed by atoms with Crippen molar-refractivity contribution in [2.24, 2.45) is 23.7 Å². The van der Waals surface area contributed by atoms with E-state index >= 15 is 0 Å². The molecule has 4 atom stereocenters. The molecule has 0 radical (unpaired) electrons. The summed E-state index contributed by atoms with van der Waals surface area (Å²) >= 11 is 5.84. The first-order chi connectivity index (χ1) is 12.9. The summed E-state index contributed by atoms with van der Waals surface area (Å²) in [6.07, 6.45) is 2.81. The summed E-state index contributed by atoms with van der Waals surface area (Å²) in [7, 11) is 0. The Balaban J connectivity index is 1.35. The van der Waals surface area contributed by atoms with Crippen LogP contribution in [-0.2, 0) is 16.1 Å². The highest BCUT2D eigenvalue weighted by Gasteiger charge is 2.54. The van der Waals surface area contributed by atoms with Crippen molar-refractivity contribution in [1.82, 2.24) is 9.80 Å². The minimum atomic E-state index is -0.813. The molecule has 1 aliphatic heterocycles. The van der Waals surface area contributed by atoms with E-state index in [0.29, 0.717) is 19.6 Å². The minimum absolute atomic E-state index is 0.0269. The summed E-state index contributed by atoms with van der Waals surface area (Å²) in [5.74, 6) is -1.64. The molecule has 0 aromatic heterocycles. The van der Waals surface area contributed by atoms with Gasteiger partial charge in [0.05, 0.1) is 16.9 Å². The molecule has 146 valence electrons. The first-order valence-electron chi connectivity index (χ1n) is 9.62. The Bertz CT molecular complexity index is 751. The molecule has 0 unspecified atom stereocenters. The number of nitrogens with zero attached hydrogens (tertiary/aromatic N) is 2. The van der Waals surface area contributed by atoms with E-state index in [4.69, 9.17) is 11.6 Å². The highest BCUT2D eigenvalue weighted by atomic mass is 35.5. The molecule has 2 saturated carbocycles. The predicted molar refractivity (Wildman–Crippen MR) is 98.7 cm³/mol. The SMILES string of the molecule is O=C(O)[C@H]1[C@H]2CC[C@@H](C2)[C@H]1C(=O)N1CCN(Cc2ccc(F)c(Cl)c2)CC1. The molecule has 5 nitrogen and oxygen atoms in total. The van der Waals surface area contributed by atoms with E-state index in [1.165, 1.54) is 6.07 Å². The van der Waals surface area contributed by atoms with Crippen molar-refractivity contribution >= 4 is 23.5 Å². The van der Waals surface area contributed by atoms with Gasteiger partial charge in [-0.2, -0.15) is 0 Å². The van der Waals surface area contributed by atoms with E-state index < -0.39 is 17.7 Å². The first-order valence-corrected chi connectivity index (χ1v) is 9.99. The Kier molecular flexibility index (Phi) is 5.12. The quantitative estimate of drug-likeness (QED) is 0.853. The average Bonchev–Trinajstić information content (AvgIpc) is 3.26. The van der Waals surface area contributed by atoms with E-state index in [0.717, 1.165) is 37.9 Å². The van der Waals surface area contributed by atoms with Crippen molar-refractivity contribution in [1.29, 1.82) is 0 Å². The zero-order valence-electron chi connectivity index (χ0n) is 15.1. The second-order valence-electron chi connectivity index (χ2n) is 8.07. The van der Waals surface area contributed by atoms with Crippen LogP contribution in [0.3, 0.4) is 0 Å². The molecule has 3 fully saturated rings. The van der Waals surface area contributed by atoms with Crippen LogP contribution in [0.25, 0.3) is 0 Å². The zero-order valence-corrected chi connectivity index (χ0v) is 15.9. The number of carbonyl (C=O) groups is 2. The number of benzene rings is 1. The third kappa shape index (κ3) is 3.57. The van der Waals surface area contributed by atoms with Crippen molar-refractivity contribution in [3.05, 3.63) is 34.6 Å². The fourth-order valence-electron chi connectivity index (χ4n) is 5.24. The third-order valence-electron chi connectivity index (χ3n) is 6.56. The van der Waals surface area contributed by atoms with Gasteiger partial charge in [-0.1, -0.05) is 17.7 Å². The Labute approximate surface area is 163 Å². The lowest BCUT2D eigenvalue weighted by molar-refractivity contribution is -0.153. The van der Waals surface area contributed by atoms with Gasteiger partial charge < -0.3 is 10.0 Å². The van der Waals surface area contributed by atoms with Crippen LogP contribution in [0.2, 0.25) is 5.02 Å². The standard InChI is InChI=1S/C20H24ClFN2O3/c21-15-9-12(1-4-16(15)22)11-23-5-7-24(8-6-23)19(25)17-13-2-3-14(10-13)18(17)20(26)27/h1,4,9,13-14,17-18H,2-3,5-8,10-11H2,(H,26,27)/t13-,14-,17+,18-/m0/s1. The van der Waals surface area contributed by atoms with Crippen LogP contribution in [0.5, 0.6) is 0 Å². The summed E-state index contributed by atoms with van der Waals surface area (Å²) in [5.41, 5.74) is 0.945. The molecule has 2 bridgehead atoms. The van der Waals surface area contributed by atoms with Gasteiger partial charge in [-0.05, 0) is 48.8 Å². The number of hydrogen-bond acceptors (Lipinski definition) is 3. The van der Waals surface area contributed by atoms with Crippen molar-refractivity contribution in [3.8, 4) is 0 Å². The number of aliphatic carboxylic acids is 1. The van der Waals surface area contributed by atoms with Gasteiger partial charge in [-0.25, -0.2) is 4.39 Å². The molecule has 27 heavy (non-hydrogen) atoms. The van der Waals surface area contributed by atoms with Crippen LogP contribution in [0.4, 0.5) is 4.39 Å². The summed E-state index contributed by atoms with van der Waals surface area (Å²) in [6, 6.07) is 4.74. The minimum Gasteiger partial charge on any atom is -0.481 e. The molecule has 1 aromatic carbocycles.